The maximum atomic E-state index is 12.1. The Morgan fingerprint density at radius 3 is 2.61 bits per heavy atom. The Bertz CT molecular complexity index is 397. The Balaban J connectivity index is 1.99. The molecule has 2 rings (SSSR count). The van der Waals surface area contributed by atoms with Gasteiger partial charge in [0.05, 0.1) is 0 Å². The van der Waals surface area contributed by atoms with Crippen LogP contribution in [0.4, 0.5) is 0 Å². The molecule has 0 aromatic heterocycles. The van der Waals surface area contributed by atoms with Crippen molar-refractivity contribution >= 4 is 5.91 Å². The lowest BCUT2D eigenvalue weighted by Crippen LogP contribution is -2.31. The van der Waals surface area contributed by atoms with Gasteiger partial charge in [-0.15, -0.1) is 0 Å². The second kappa shape index (κ2) is 7.00. The monoisotopic (exact) mass is 243 g/mol. The number of carbonyl (C=O) groups is 1. The summed E-state index contributed by atoms with van der Waals surface area (Å²) >= 11 is 0. The standard InChI is InChI=1S/C16H21NO/c18-16-12-8-3-1-2-4-9-13-17(16)14-15-10-6-5-7-11-15/h1,3,5-7,10-11H,2,4,8-9,12-14H2. The molecular formula is C16H21NO. The van der Waals surface area contributed by atoms with E-state index in [2.05, 4.69) is 24.3 Å². The molecule has 0 unspecified atom stereocenters. The molecule has 0 radical (unpaired) electrons. The largest absolute Gasteiger partial charge is 0.338 e. The van der Waals surface area contributed by atoms with Gasteiger partial charge in [-0.1, -0.05) is 42.5 Å². The molecule has 0 N–H and O–H groups in total. The molecule has 1 aliphatic rings. The zero-order valence-corrected chi connectivity index (χ0v) is 10.8. The third kappa shape index (κ3) is 4.02. The number of carbonyl (C=O) groups excluding carboxylic acids is 1. The predicted molar refractivity (Wildman–Crippen MR) is 74.1 cm³/mol. The van der Waals surface area contributed by atoms with Gasteiger partial charge in [-0.05, 0) is 31.2 Å². The van der Waals surface area contributed by atoms with Crippen LogP contribution < -0.4 is 0 Å². The van der Waals surface area contributed by atoms with Crippen molar-refractivity contribution in [3.05, 3.63) is 48.0 Å². The van der Waals surface area contributed by atoms with Gasteiger partial charge in [-0.2, -0.15) is 0 Å². The highest BCUT2D eigenvalue weighted by Gasteiger charge is 2.13. The van der Waals surface area contributed by atoms with E-state index in [1.54, 1.807) is 0 Å². The number of hydrogen-bond acceptors (Lipinski definition) is 1. The van der Waals surface area contributed by atoms with E-state index in [1.807, 2.05) is 23.1 Å². The van der Waals surface area contributed by atoms with Crippen LogP contribution in [0, 0.1) is 0 Å². The Labute approximate surface area is 109 Å². The molecule has 1 heterocycles. The molecule has 0 saturated carbocycles. The summed E-state index contributed by atoms with van der Waals surface area (Å²) in [5.74, 6) is 0.283. The Hall–Kier alpha value is -1.57. The van der Waals surface area contributed by atoms with Crippen molar-refractivity contribution in [1.29, 1.82) is 0 Å². The molecule has 1 aromatic carbocycles. The average Bonchev–Trinajstić information content (AvgIpc) is 2.41. The molecule has 0 saturated heterocycles. The summed E-state index contributed by atoms with van der Waals surface area (Å²) in [4.78, 5) is 14.1. The van der Waals surface area contributed by atoms with Crippen LogP contribution in [-0.2, 0) is 11.3 Å². The van der Waals surface area contributed by atoms with Crippen molar-refractivity contribution in [1.82, 2.24) is 4.90 Å². The summed E-state index contributed by atoms with van der Waals surface area (Å²) in [6, 6.07) is 10.3. The van der Waals surface area contributed by atoms with Crippen molar-refractivity contribution < 1.29 is 4.79 Å². The molecule has 1 aromatic rings. The van der Waals surface area contributed by atoms with Crippen molar-refractivity contribution in [3.63, 3.8) is 0 Å². The first-order valence-electron chi connectivity index (χ1n) is 6.83. The average molecular weight is 243 g/mol. The van der Waals surface area contributed by atoms with E-state index in [9.17, 15) is 4.79 Å². The minimum Gasteiger partial charge on any atom is -0.338 e. The number of amides is 1. The van der Waals surface area contributed by atoms with Gasteiger partial charge >= 0.3 is 0 Å². The van der Waals surface area contributed by atoms with E-state index < -0.39 is 0 Å². The van der Waals surface area contributed by atoms with E-state index in [-0.39, 0.29) is 5.91 Å². The van der Waals surface area contributed by atoms with Crippen LogP contribution >= 0.6 is 0 Å². The van der Waals surface area contributed by atoms with Gasteiger partial charge in [0.2, 0.25) is 5.91 Å². The molecule has 0 spiro atoms. The molecule has 0 bridgehead atoms. The zero-order chi connectivity index (χ0) is 12.6. The van der Waals surface area contributed by atoms with E-state index in [1.165, 1.54) is 12.0 Å². The molecule has 18 heavy (non-hydrogen) atoms. The van der Waals surface area contributed by atoms with E-state index >= 15 is 0 Å². The second-order valence-electron chi connectivity index (χ2n) is 4.81. The Morgan fingerprint density at radius 1 is 1.00 bits per heavy atom. The molecule has 2 nitrogen and oxygen atoms in total. The van der Waals surface area contributed by atoms with Crippen LogP contribution in [0.2, 0.25) is 0 Å². The summed E-state index contributed by atoms with van der Waals surface area (Å²) in [5.41, 5.74) is 1.22. The third-order valence-corrected chi connectivity index (χ3v) is 3.31. The Kier molecular flexibility index (Phi) is 5.00. The number of benzene rings is 1. The van der Waals surface area contributed by atoms with Crippen LogP contribution in [0.1, 0.15) is 37.7 Å². The van der Waals surface area contributed by atoms with Crippen LogP contribution in [0.5, 0.6) is 0 Å². The number of hydrogen-bond donors (Lipinski definition) is 0. The number of nitrogens with zero attached hydrogens (tertiary/aromatic N) is 1. The summed E-state index contributed by atoms with van der Waals surface area (Å²) in [5, 5.41) is 0. The molecule has 0 atom stereocenters. The van der Waals surface area contributed by atoms with Gasteiger partial charge < -0.3 is 4.90 Å². The van der Waals surface area contributed by atoms with Crippen LogP contribution in [0.15, 0.2) is 42.5 Å². The van der Waals surface area contributed by atoms with Gasteiger partial charge in [-0.25, -0.2) is 0 Å². The minimum atomic E-state index is 0.283. The lowest BCUT2D eigenvalue weighted by Gasteiger charge is -2.23. The van der Waals surface area contributed by atoms with Gasteiger partial charge in [0.25, 0.3) is 0 Å². The van der Waals surface area contributed by atoms with E-state index in [0.717, 1.165) is 32.4 Å². The fraction of sp³-hybridized carbons (Fsp3) is 0.438. The smallest absolute Gasteiger partial charge is 0.223 e. The number of allylic oxidation sites excluding steroid dienone is 2. The van der Waals surface area contributed by atoms with Crippen molar-refractivity contribution in [2.75, 3.05) is 6.54 Å². The van der Waals surface area contributed by atoms with Crippen LogP contribution in [0.3, 0.4) is 0 Å². The lowest BCUT2D eigenvalue weighted by molar-refractivity contribution is -0.131. The second-order valence-corrected chi connectivity index (χ2v) is 4.81. The first-order chi connectivity index (χ1) is 8.86. The van der Waals surface area contributed by atoms with E-state index in [4.69, 9.17) is 0 Å². The van der Waals surface area contributed by atoms with Crippen LogP contribution in [-0.4, -0.2) is 17.4 Å². The highest BCUT2D eigenvalue weighted by molar-refractivity contribution is 5.76. The normalized spacial score (nSPS) is 17.8. The molecule has 0 fully saturated rings. The molecule has 1 aliphatic heterocycles. The highest BCUT2D eigenvalue weighted by atomic mass is 16.2. The first kappa shape index (κ1) is 12.9. The summed E-state index contributed by atoms with van der Waals surface area (Å²) in [6.07, 6.45) is 9.29. The van der Waals surface area contributed by atoms with Crippen molar-refractivity contribution in [3.8, 4) is 0 Å². The quantitative estimate of drug-likeness (QED) is 0.728. The maximum absolute atomic E-state index is 12.1. The fourth-order valence-electron chi connectivity index (χ4n) is 2.26. The van der Waals surface area contributed by atoms with Crippen LogP contribution in [0.25, 0.3) is 0 Å². The summed E-state index contributed by atoms with van der Waals surface area (Å²) in [6.45, 7) is 1.64. The number of rotatable bonds is 2. The maximum Gasteiger partial charge on any atom is 0.223 e. The fourth-order valence-corrected chi connectivity index (χ4v) is 2.26. The van der Waals surface area contributed by atoms with Gasteiger partial charge in [-0.3, -0.25) is 4.79 Å². The predicted octanol–water partition coefficient (Wildman–Crippen LogP) is 3.54. The third-order valence-electron chi connectivity index (χ3n) is 3.31. The van der Waals surface area contributed by atoms with Gasteiger partial charge in [0, 0.05) is 19.5 Å². The SMILES string of the molecule is O=C1CCC=CCCCCN1Cc1ccccc1. The summed E-state index contributed by atoms with van der Waals surface area (Å²) < 4.78 is 0. The molecule has 96 valence electrons. The van der Waals surface area contributed by atoms with Gasteiger partial charge in [0.1, 0.15) is 0 Å². The van der Waals surface area contributed by atoms with Crippen molar-refractivity contribution in [2.45, 2.75) is 38.6 Å². The molecular weight excluding hydrogens is 222 g/mol. The molecule has 1 amide bonds. The summed E-state index contributed by atoms with van der Waals surface area (Å²) in [7, 11) is 0. The van der Waals surface area contributed by atoms with Gasteiger partial charge in [0.15, 0.2) is 0 Å². The minimum absolute atomic E-state index is 0.283. The molecule has 2 heteroatoms. The topological polar surface area (TPSA) is 20.3 Å². The highest BCUT2D eigenvalue weighted by Crippen LogP contribution is 2.11. The first-order valence-corrected chi connectivity index (χ1v) is 6.83. The molecule has 0 aliphatic carbocycles. The van der Waals surface area contributed by atoms with Crippen molar-refractivity contribution in [2.24, 2.45) is 0 Å². The van der Waals surface area contributed by atoms with E-state index in [0.29, 0.717) is 6.42 Å². The lowest BCUT2D eigenvalue weighted by atomic mass is 10.1. The Morgan fingerprint density at radius 2 is 1.78 bits per heavy atom. The zero-order valence-electron chi connectivity index (χ0n) is 10.8.